The monoisotopic (exact) mass is 218 g/mol. The molecule has 0 bridgehead atoms. The first-order chi connectivity index (χ1) is 6.72. The summed E-state index contributed by atoms with van der Waals surface area (Å²) in [7, 11) is -0.779. The molecule has 1 amide bonds. The molecule has 2 N–H and O–H groups in total. The van der Waals surface area contributed by atoms with E-state index in [1.54, 1.807) is 0 Å². The van der Waals surface area contributed by atoms with Gasteiger partial charge in [-0.15, -0.1) is 0 Å². The van der Waals surface area contributed by atoms with E-state index in [4.69, 9.17) is 0 Å². The fourth-order valence-electron chi connectivity index (χ4n) is 1.04. The second kappa shape index (κ2) is 6.14. The van der Waals surface area contributed by atoms with Crippen LogP contribution < -0.4 is 10.6 Å². The Hall–Kier alpha value is -0.420. The summed E-state index contributed by atoms with van der Waals surface area (Å²) in [5, 5.41) is 5.86. The molecular formula is C9H18N2O2S. The Morgan fingerprint density at radius 1 is 1.50 bits per heavy atom. The Kier molecular flexibility index (Phi) is 5.11. The van der Waals surface area contributed by atoms with Crippen LogP contribution >= 0.6 is 0 Å². The molecule has 0 saturated heterocycles. The van der Waals surface area contributed by atoms with Crippen LogP contribution in [0.4, 0.5) is 0 Å². The van der Waals surface area contributed by atoms with Gasteiger partial charge in [0, 0.05) is 34.9 Å². The largest absolute Gasteiger partial charge is 0.354 e. The van der Waals surface area contributed by atoms with Gasteiger partial charge >= 0.3 is 0 Å². The van der Waals surface area contributed by atoms with Crippen molar-refractivity contribution in [3.63, 3.8) is 0 Å². The van der Waals surface area contributed by atoms with Gasteiger partial charge in [0.2, 0.25) is 5.91 Å². The standard InChI is InChI=1S/C9H18N2O2S/c1-2-14(13)6-5-10-9(12)7-11-8-3-4-8/h8,11H,2-7H2,1H3,(H,10,12). The maximum absolute atomic E-state index is 11.2. The van der Waals surface area contributed by atoms with Crippen LogP contribution in [0, 0.1) is 0 Å². The molecule has 1 rings (SSSR count). The van der Waals surface area contributed by atoms with Gasteiger partial charge in [-0.1, -0.05) is 6.92 Å². The summed E-state index contributed by atoms with van der Waals surface area (Å²) < 4.78 is 11.0. The van der Waals surface area contributed by atoms with E-state index in [9.17, 15) is 9.00 Å². The molecule has 1 saturated carbocycles. The van der Waals surface area contributed by atoms with Crippen molar-refractivity contribution >= 4 is 16.7 Å². The first-order valence-corrected chi connectivity index (χ1v) is 6.56. The zero-order valence-electron chi connectivity index (χ0n) is 8.54. The normalized spacial score (nSPS) is 17.8. The smallest absolute Gasteiger partial charge is 0.233 e. The molecule has 1 atom stereocenters. The number of amides is 1. The second-order valence-corrected chi connectivity index (χ2v) is 5.30. The van der Waals surface area contributed by atoms with E-state index in [1.165, 1.54) is 12.8 Å². The van der Waals surface area contributed by atoms with Gasteiger partial charge in [-0.05, 0) is 12.8 Å². The summed E-state index contributed by atoms with van der Waals surface area (Å²) in [5.41, 5.74) is 0. The molecule has 1 aliphatic carbocycles. The molecule has 5 heteroatoms. The van der Waals surface area contributed by atoms with E-state index < -0.39 is 10.8 Å². The molecule has 4 nitrogen and oxygen atoms in total. The highest BCUT2D eigenvalue weighted by atomic mass is 32.2. The molecule has 0 spiro atoms. The first kappa shape index (κ1) is 11.7. The van der Waals surface area contributed by atoms with Gasteiger partial charge in [-0.2, -0.15) is 0 Å². The fraction of sp³-hybridized carbons (Fsp3) is 0.889. The van der Waals surface area contributed by atoms with Gasteiger partial charge in [-0.25, -0.2) is 0 Å². The van der Waals surface area contributed by atoms with Crippen LogP contribution in [0.2, 0.25) is 0 Å². The van der Waals surface area contributed by atoms with Crippen LogP contribution in [0.1, 0.15) is 19.8 Å². The van der Waals surface area contributed by atoms with Crippen molar-refractivity contribution in [1.82, 2.24) is 10.6 Å². The molecule has 1 unspecified atom stereocenters. The van der Waals surface area contributed by atoms with Crippen molar-refractivity contribution in [3.05, 3.63) is 0 Å². The van der Waals surface area contributed by atoms with Crippen LogP contribution in [0.25, 0.3) is 0 Å². The van der Waals surface area contributed by atoms with Gasteiger partial charge in [0.1, 0.15) is 0 Å². The molecular weight excluding hydrogens is 200 g/mol. The van der Waals surface area contributed by atoms with E-state index in [1.807, 2.05) is 6.92 Å². The number of nitrogens with one attached hydrogen (secondary N) is 2. The van der Waals surface area contributed by atoms with E-state index in [2.05, 4.69) is 10.6 Å². The third-order valence-corrected chi connectivity index (χ3v) is 3.41. The summed E-state index contributed by atoms with van der Waals surface area (Å²) in [6.45, 7) is 2.79. The highest BCUT2D eigenvalue weighted by molar-refractivity contribution is 7.84. The summed E-state index contributed by atoms with van der Waals surface area (Å²) in [5.74, 6) is 1.23. The quantitative estimate of drug-likeness (QED) is 0.612. The first-order valence-electron chi connectivity index (χ1n) is 5.07. The fourth-order valence-corrected chi connectivity index (χ4v) is 1.65. The minimum atomic E-state index is -0.779. The minimum Gasteiger partial charge on any atom is -0.354 e. The molecule has 82 valence electrons. The van der Waals surface area contributed by atoms with Gasteiger partial charge in [-0.3, -0.25) is 9.00 Å². The average molecular weight is 218 g/mol. The molecule has 1 fully saturated rings. The molecule has 14 heavy (non-hydrogen) atoms. The summed E-state index contributed by atoms with van der Waals surface area (Å²) >= 11 is 0. The van der Waals surface area contributed by atoms with Crippen molar-refractivity contribution in [2.45, 2.75) is 25.8 Å². The van der Waals surface area contributed by atoms with Crippen LogP contribution in [0.15, 0.2) is 0 Å². The number of carbonyl (C=O) groups is 1. The minimum absolute atomic E-state index is 0.00463. The lowest BCUT2D eigenvalue weighted by Gasteiger charge is -2.04. The van der Waals surface area contributed by atoms with Gasteiger partial charge in [0.05, 0.1) is 6.54 Å². The molecule has 0 radical (unpaired) electrons. The Morgan fingerprint density at radius 2 is 2.21 bits per heavy atom. The zero-order chi connectivity index (χ0) is 10.4. The third kappa shape index (κ3) is 5.34. The number of carbonyl (C=O) groups excluding carboxylic acids is 1. The molecule has 0 aromatic carbocycles. The molecule has 1 aliphatic rings. The molecule has 0 aromatic rings. The van der Waals surface area contributed by atoms with Crippen molar-refractivity contribution in [2.24, 2.45) is 0 Å². The Labute approximate surface area is 87.3 Å². The summed E-state index contributed by atoms with van der Waals surface area (Å²) in [6.07, 6.45) is 2.38. The van der Waals surface area contributed by atoms with Gasteiger partial charge in [0.15, 0.2) is 0 Å². The predicted molar refractivity (Wildman–Crippen MR) is 57.6 cm³/mol. The highest BCUT2D eigenvalue weighted by Gasteiger charge is 2.20. The number of hydrogen-bond acceptors (Lipinski definition) is 3. The topological polar surface area (TPSA) is 58.2 Å². The Bertz CT molecular complexity index is 217. The number of hydrogen-bond donors (Lipinski definition) is 2. The van der Waals surface area contributed by atoms with Crippen molar-refractivity contribution in [3.8, 4) is 0 Å². The van der Waals surface area contributed by atoms with Gasteiger partial charge < -0.3 is 10.6 Å². The van der Waals surface area contributed by atoms with E-state index >= 15 is 0 Å². The van der Waals surface area contributed by atoms with Crippen molar-refractivity contribution in [1.29, 1.82) is 0 Å². The number of rotatable bonds is 7. The Morgan fingerprint density at radius 3 is 2.79 bits per heavy atom. The lowest BCUT2D eigenvalue weighted by atomic mass is 10.5. The maximum Gasteiger partial charge on any atom is 0.233 e. The van der Waals surface area contributed by atoms with Crippen LogP contribution in [0.3, 0.4) is 0 Å². The van der Waals surface area contributed by atoms with Crippen LogP contribution in [-0.4, -0.2) is 40.8 Å². The van der Waals surface area contributed by atoms with E-state index in [0.29, 0.717) is 30.6 Å². The molecule has 0 aromatic heterocycles. The highest BCUT2D eigenvalue weighted by Crippen LogP contribution is 2.17. The molecule has 0 heterocycles. The SMILES string of the molecule is CCS(=O)CCNC(=O)CNC1CC1. The van der Waals surface area contributed by atoms with E-state index in [-0.39, 0.29) is 5.91 Å². The van der Waals surface area contributed by atoms with Crippen LogP contribution in [-0.2, 0) is 15.6 Å². The summed E-state index contributed by atoms with van der Waals surface area (Å²) in [4.78, 5) is 11.2. The van der Waals surface area contributed by atoms with Crippen molar-refractivity contribution < 1.29 is 9.00 Å². The van der Waals surface area contributed by atoms with Gasteiger partial charge in [0.25, 0.3) is 0 Å². The lowest BCUT2D eigenvalue weighted by molar-refractivity contribution is -0.120. The third-order valence-electron chi connectivity index (χ3n) is 2.10. The van der Waals surface area contributed by atoms with Crippen molar-refractivity contribution in [2.75, 3.05) is 24.6 Å². The maximum atomic E-state index is 11.2. The van der Waals surface area contributed by atoms with Crippen LogP contribution in [0.5, 0.6) is 0 Å². The lowest BCUT2D eigenvalue weighted by Crippen LogP contribution is -2.36. The Balaban J connectivity index is 1.93. The van der Waals surface area contributed by atoms with E-state index in [0.717, 1.165) is 0 Å². The molecule has 0 aliphatic heterocycles. The zero-order valence-corrected chi connectivity index (χ0v) is 9.36. The summed E-state index contributed by atoms with van der Waals surface area (Å²) in [6, 6.07) is 0.561. The average Bonchev–Trinajstić information content (AvgIpc) is 2.98. The predicted octanol–water partition coefficient (Wildman–Crippen LogP) is -0.377. The second-order valence-electron chi connectivity index (χ2n) is 3.44.